The highest BCUT2D eigenvalue weighted by Gasteiger charge is 2.28. The predicted octanol–water partition coefficient (Wildman–Crippen LogP) is 3.50. The Bertz CT molecular complexity index is 1070. The van der Waals surface area contributed by atoms with Crippen molar-refractivity contribution < 1.29 is 14.4 Å². The van der Waals surface area contributed by atoms with Crippen molar-refractivity contribution in [3.63, 3.8) is 0 Å². The summed E-state index contributed by atoms with van der Waals surface area (Å²) >= 11 is 0. The molecule has 0 saturated heterocycles. The monoisotopic (exact) mass is 420 g/mol. The molecule has 0 fully saturated rings. The van der Waals surface area contributed by atoms with Crippen LogP contribution in [-0.4, -0.2) is 41.9 Å². The van der Waals surface area contributed by atoms with Crippen LogP contribution in [0.3, 0.4) is 0 Å². The van der Waals surface area contributed by atoms with Crippen molar-refractivity contribution in [3.05, 3.63) is 58.7 Å². The molecule has 1 heterocycles. The number of carbonyl (C=O) groups excluding carboxylic acids is 3. The van der Waals surface area contributed by atoms with Gasteiger partial charge in [-0.1, -0.05) is 24.3 Å². The van der Waals surface area contributed by atoms with E-state index in [4.69, 9.17) is 0 Å². The molecule has 1 aliphatic rings. The molecule has 2 aromatic carbocycles. The third-order valence-electron chi connectivity index (χ3n) is 5.48. The number of nitrogens with zero attached hydrogens (tertiary/aromatic N) is 3. The van der Waals surface area contributed by atoms with Crippen LogP contribution in [0.2, 0.25) is 0 Å². The lowest BCUT2D eigenvalue weighted by Gasteiger charge is -2.26. The molecule has 31 heavy (non-hydrogen) atoms. The highest BCUT2D eigenvalue weighted by molar-refractivity contribution is 6.40. The molecule has 0 radical (unpaired) electrons. The normalized spacial score (nSPS) is 13.6. The lowest BCUT2D eigenvalue weighted by atomic mass is 10.1. The Morgan fingerprint density at radius 1 is 1.06 bits per heavy atom. The van der Waals surface area contributed by atoms with E-state index in [0.717, 1.165) is 27.9 Å². The highest BCUT2D eigenvalue weighted by Crippen LogP contribution is 2.25. The summed E-state index contributed by atoms with van der Waals surface area (Å²) in [6.07, 6.45) is 0.447. The van der Waals surface area contributed by atoms with Gasteiger partial charge in [-0.2, -0.15) is 5.10 Å². The Labute approximate surface area is 182 Å². The van der Waals surface area contributed by atoms with Gasteiger partial charge < -0.3 is 10.2 Å². The first-order valence-electron chi connectivity index (χ1n) is 10.3. The quantitative estimate of drug-likeness (QED) is 0.804. The number of hydrazone groups is 1. The van der Waals surface area contributed by atoms with E-state index in [1.54, 1.807) is 7.05 Å². The number of hydrogen-bond acceptors (Lipinski definition) is 4. The van der Waals surface area contributed by atoms with Gasteiger partial charge in [0.1, 0.15) is 5.71 Å². The van der Waals surface area contributed by atoms with Gasteiger partial charge in [0, 0.05) is 25.6 Å². The maximum Gasteiger partial charge on any atom is 0.270 e. The standard InChI is InChI=1S/C24H28N4O3/c1-15-9-10-17(3)21(13-15)28-23(30)12-11-20(26-28)24(31)27(5)14-22(29)25-19-8-6-7-16(2)18(19)4/h6-10,13H,11-12,14H2,1-5H3,(H,25,29). The van der Waals surface area contributed by atoms with Gasteiger partial charge in [0.25, 0.3) is 5.91 Å². The van der Waals surface area contributed by atoms with E-state index < -0.39 is 0 Å². The minimum atomic E-state index is -0.362. The Morgan fingerprint density at radius 3 is 2.55 bits per heavy atom. The molecule has 7 nitrogen and oxygen atoms in total. The van der Waals surface area contributed by atoms with Gasteiger partial charge in [-0.05, 0) is 62.1 Å². The molecule has 1 N–H and O–H groups in total. The van der Waals surface area contributed by atoms with Gasteiger partial charge in [-0.15, -0.1) is 0 Å². The fourth-order valence-electron chi connectivity index (χ4n) is 3.43. The Balaban J connectivity index is 1.73. The van der Waals surface area contributed by atoms with Gasteiger partial charge in [0.05, 0.1) is 12.2 Å². The fourth-order valence-corrected chi connectivity index (χ4v) is 3.43. The van der Waals surface area contributed by atoms with Crippen molar-refractivity contribution in [1.29, 1.82) is 0 Å². The van der Waals surface area contributed by atoms with Crippen LogP contribution in [0.1, 0.15) is 35.1 Å². The molecule has 3 amide bonds. The van der Waals surface area contributed by atoms with Crippen molar-refractivity contribution in [2.24, 2.45) is 5.10 Å². The summed E-state index contributed by atoms with van der Waals surface area (Å²) in [4.78, 5) is 39.2. The van der Waals surface area contributed by atoms with Gasteiger partial charge in [-0.25, -0.2) is 5.01 Å². The number of anilines is 2. The first-order valence-corrected chi connectivity index (χ1v) is 10.3. The first-order chi connectivity index (χ1) is 14.7. The van der Waals surface area contributed by atoms with E-state index in [0.29, 0.717) is 5.69 Å². The summed E-state index contributed by atoms with van der Waals surface area (Å²) in [5, 5.41) is 8.52. The molecule has 0 atom stereocenters. The van der Waals surface area contributed by atoms with Crippen LogP contribution in [0, 0.1) is 27.7 Å². The molecular weight excluding hydrogens is 392 g/mol. The molecule has 0 unspecified atom stereocenters. The second-order valence-electron chi connectivity index (χ2n) is 8.00. The summed E-state index contributed by atoms with van der Waals surface area (Å²) in [5.41, 5.74) is 5.64. The molecule has 0 aromatic heterocycles. The minimum Gasteiger partial charge on any atom is -0.331 e. The lowest BCUT2D eigenvalue weighted by Crippen LogP contribution is -2.42. The summed E-state index contributed by atoms with van der Waals surface area (Å²) < 4.78 is 0. The van der Waals surface area contributed by atoms with Crippen molar-refractivity contribution in [2.45, 2.75) is 40.5 Å². The number of likely N-dealkylation sites (N-methyl/N-ethyl adjacent to an activating group) is 1. The first kappa shape index (κ1) is 22.2. The van der Waals surface area contributed by atoms with Crippen molar-refractivity contribution in [1.82, 2.24) is 4.90 Å². The number of aryl methyl sites for hydroxylation is 3. The van der Waals surface area contributed by atoms with Gasteiger partial charge in [-0.3, -0.25) is 14.4 Å². The number of amides is 3. The largest absolute Gasteiger partial charge is 0.331 e. The van der Waals surface area contributed by atoms with Crippen LogP contribution < -0.4 is 10.3 Å². The minimum absolute atomic E-state index is 0.108. The highest BCUT2D eigenvalue weighted by atomic mass is 16.2. The SMILES string of the molecule is Cc1ccc(C)c(N2N=C(C(=O)N(C)CC(=O)Nc3cccc(C)c3C)CCC2=O)c1. The van der Waals surface area contributed by atoms with E-state index in [-0.39, 0.29) is 42.8 Å². The molecule has 0 aliphatic carbocycles. The van der Waals surface area contributed by atoms with E-state index in [2.05, 4.69) is 10.4 Å². The number of rotatable bonds is 5. The molecule has 7 heteroatoms. The summed E-state index contributed by atoms with van der Waals surface area (Å²) in [7, 11) is 1.56. The molecule has 3 rings (SSSR count). The second-order valence-corrected chi connectivity index (χ2v) is 8.00. The zero-order valence-corrected chi connectivity index (χ0v) is 18.7. The molecule has 2 aromatic rings. The average Bonchev–Trinajstić information content (AvgIpc) is 2.73. The zero-order valence-electron chi connectivity index (χ0n) is 18.7. The molecular formula is C24H28N4O3. The van der Waals surface area contributed by atoms with Crippen LogP contribution in [0.25, 0.3) is 0 Å². The summed E-state index contributed by atoms with van der Waals surface area (Å²) in [6, 6.07) is 11.5. The Morgan fingerprint density at radius 2 is 1.81 bits per heavy atom. The van der Waals surface area contributed by atoms with Gasteiger partial charge in [0.2, 0.25) is 11.8 Å². The summed E-state index contributed by atoms with van der Waals surface area (Å²) in [6.45, 7) is 7.65. The van der Waals surface area contributed by atoms with E-state index in [1.807, 2.05) is 64.1 Å². The third kappa shape index (κ3) is 4.99. The van der Waals surface area contributed by atoms with Crippen LogP contribution in [0.5, 0.6) is 0 Å². The predicted molar refractivity (Wildman–Crippen MR) is 122 cm³/mol. The van der Waals surface area contributed by atoms with Crippen molar-refractivity contribution in [3.8, 4) is 0 Å². The van der Waals surface area contributed by atoms with Crippen LogP contribution in [-0.2, 0) is 14.4 Å². The van der Waals surface area contributed by atoms with Crippen LogP contribution in [0.15, 0.2) is 41.5 Å². The second kappa shape index (κ2) is 9.12. The van der Waals surface area contributed by atoms with E-state index >= 15 is 0 Å². The molecule has 0 spiro atoms. The topological polar surface area (TPSA) is 82.1 Å². The summed E-state index contributed by atoms with van der Waals surface area (Å²) in [5.74, 6) is -0.803. The third-order valence-corrected chi connectivity index (χ3v) is 5.48. The number of carbonyl (C=O) groups is 3. The van der Waals surface area contributed by atoms with E-state index in [1.165, 1.54) is 9.91 Å². The maximum absolute atomic E-state index is 12.9. The van der Waals surface area contributed by atoms with E-state index in [9.17, 15) is 14.4 Å². The lowest BCUT2D eigenvalue weighted by molar-refractivity contribution is -0.128. The molecule has 0 saturated carbocycles. The average molecular weight is 421 g/mol. The number of benzene rings is 2. The van der Waals surface area contributed by atoms with Crippen LogP contribution >= 0.6 is 0 Å². The van der Waals surface area contributed by atoms with Crippen molar-refractivity contribution >= 4 is 34.8 Å². The fraction of sp³-hybridized carbons (Fsp3) is 0.333. The maximum atomic E-state index is 12.9. The molecule has 162 valence electrons. The zero-order chi connectivity index (χ0) is 22.7. The van der Waals surface area contributed by atoms with Gasteiger partial charge in [0.15, 0.2) is 0 Å². The van der Waals surface area contributed by atoms with Crippen LogP contribution in [0.4, 0.5) is 11.4 Å². The van der Waals surface area contributed by atoms with Crippen molar-refractivity contribution in [2.75, 3.05) is 23.9 Å². The van der Waals surface area contributed by atoms with Gasteiger partial charge >= 0.3 is 0 Å². The smallest absolute Gasteiger partial charge is 0.270 e. The Kier molecular flexibility index (Phi) is 6.53. The Hall–Kier alpha value is -3.48. The number of nitrogens with one attached hydrogen (secondary N) is 1. The molecule has 1 aliphatic heterocycles. The molecule has 0 bridgehead atoms. The number of hydrogen-bond donors (Lipinski definition) is 1.